The third kappa shape index (κ3) is 4.22. The molecule has 1 heterocycles. The number of hydrogen-bond acceptors (Lipinski definition) is 3. The minimum atomic E-state index is -4.70. The Bertz CT molecular complexity index is 628. The van der Waals surface area contributed by atoms with Crippen LogP contribution in [0.3, 0.4) is 0 Å². The van der Waals surface area contributed by atoms with Gasteiger partial charge < -0.3 is 15.0 Å². The van der Waals surface area contributed by atoms with Gasteiger partial charge in [0, 0.05) is 13.1 Å². The Hall–Kier alpha value is -2.16. The molecular weight excluding hydrogens is 332 g/mol. The molecule has 1 fully saturated rings. The molecule has 1 saturated heterocycles. The molecule has 1 aliphatic heterocycles. The number of rotatable bonds is 3. The molecule has 1 N–H and O–H groups in total. The third-order valence-corrected chi connectivity index (χ3v) is 3.58. The second-order valence-electron chi connectivity index (χ2n) is 5.33. The summed E-state index contributed by atoms with van der Waals surface area (Å²) >= 11 is 0. The molecule has 2 amide bonds. The SMILES string of the molecule is CC(NC(=O)c1cc(C(F)(F)F)ccc1F)C(=O)N1CCOCC1. The summed E-state index contributed by atoms with van der Waals surface area (Å²) < 4.78 is 56.8. The Labute approximate surface area is 135 Å². The number of amides is 2. The van der Waals surface area contributed by atoms with Gasteiger partial charge in [-0.3, -0.25) is 9.59 Å². The van der Waals surface area contributed by atoms with Crippen LogP contribution >= 0.6 is 0 Å². The number of morpholine rings is 1. The van der Waals surface area contributed by atoms with Crippen LogP contribution in [0.1, 0.15) is 22.8 Å². The Morgan fingerprint density at radius 2 is 1.88 bits per heavy atom. The lowest BCUT2D eigenvalue weighted by atomic mass is 10.1. The summed E-state index contributed by atoms with van der Waals surface area (Å²) in [6.45, 7) is 2.85. The lowest BCUT2D eigenvalue weighted by molar-refractivity contribution is -0.138. The van der Waals surface area contributed by atoms with E-state index in [9.17, 15) is 27.2 Å². The molecule has 0 aromatic heterocycles. The molecule has 5 nitrogen and oxygen atoms in total. The molecule has 24 heavy (non-hydrogen) atoms. The van der Waals surface area contributed by atoms with Crippen LogP contribution in [0, 0.1) is 5.82 Å². The number of hydrogen-bond donors (Lipinski definition) is 1. The zero-order valence-corrected chi connectivity index (χ0v) is 12.8. The molecule has 1 aromatic carbocycles. The van der Waals surface area contributed by atoms with E-state index in [0.717, 1.165) is 0 Å². The lowest BCUT2D eigenvalue weighted by Gasteiger charge is -2.29. The summed E-state index contributed by atoms with van der Waals surface area (Å²) in [5.74, 6) is -2.57. The number of carbonyl (C=O) groups excluding carboxylic acids is 2. The maximum absolute atomic E-state index is 13.7. The summed E-state index contributed by atoms with van der Waals surface area (Å²) in [5, 5.41) is 2.23. The van der Waals surface area contributed by atoms with E-state index in [1.807, 2.05) is 0 Å². The van der Waals surface area contributed by atoms with Gasteiger partial charge in [0.15, 0.2) is 0 Å². The highest BCUT2D eigenvalue weighted by Gasteiger charge is 2.32. The highest BCUT2D eigenvalue weighted by atomic mass is 19.4. The van der Waals surface area contributed by atoms with Crippen LogP contribution in [0.15, 0.2) is 18.2 Å². The number of benzene rings is 1. The van der Waals surface area contributed by atoms with Gasteiger partial charge in [-0.2, -0.15) is 13.2 Å². The van der Waals surface area contributed by atoms with E-state index in [-0.39, 0.29) is 0 Å². The van der Waals surface area contributed by atoms with Crippen molar-refractivity contribution in [3.05, 3.63) is 35.1 Å². The molecule has 0 radical (unpaired) electrons. The molecular formula is C15H16F4N2O3. The minimum Gasteiger partial charge on any atom is -0.378 e. The quantitative estimate of drug-likeness (QED) is 0.848. The predicted molar refractivity (Wildman–Crippen MR) is 75.7 cm³/mol. The van der Waals surface area contributed by atoms with E-state index >= 15 is 0 Å². The number of nitrogens with one attached hydrogen (secondary N) is 1. The molecule has 1 atom stereocenters. The molecule has 132 valence electrons. The lowest BCUT2D eigenvalue weighted by Crippen LogP contribution is -2.50. The van der Waals surface area contributed by atoms with Gasteiger partial charge in [-0.25, -0.2) is 4.39 Å². The Morgan fingerprint density at radius 3 is 2.46 bits per heavy atom. The normalized spacial score (nSPS) is 16.6. The average molecular weight is 348 g/mol. The zero-order chi connectivity index (χ0) is 17.9. The molecule has 0 bridgehead atoms. The van der Waals surface area contributed by atoms with Crippen LogP contribution < -0.4 is 5.32 Å². The van der Waals surface area contributed by atoms with E-state index < -0.39 is 41.0 Å². The smallest absolute Gasteiger partial charge is 0.378 e. The zero-order valence-electron chi connectivity index (χ0n) is 12.8. The molecule has 0 spiro atoms. The Kier molecular flexibility index (Phi) is 5.43. The Balaban J connectivity index is 2.10. The van der Waals surface area contributed by atoms with Gasteiger partial charge >= 0.3 is 6.18 Å². The van der Waals surface area contributed by atoms with Gasteiger partial charge in [-0.1, -0.05) is 0 Å². The van der Waals surface area contributed by atoms with Crippen LogP contribution in [-0.2, 0) is 15.7 Å². The van der Waals surface area contributed by atoms with Crippen LogP contribution in [0.4, 0.5) is 17.6 Å². The maximum Gasteiger partial charge on any atom is 0.416 e. The molecule has 1 unspecified atom stereocenters. The van der Waals surface area contributed by atoms with Crippen LogP contribution in [0.2, 0.25) is 0 Å². The van der Waals surface area contributed by atoms with Crippen molar-refractivity contribution in [2.45, 2.75) is 19.1 Å². The first-order valence-electron chi connectivity index (χ1n) is 7.24. The highest BCUT2D eigenvalue weighted by Crippen LogP contribution is 2.30. The first-order chi connectivity index (χ1) is 11.2. The monoisotopic (exact) mass is 348 g/mol. The van der Waals surface area contributed by atoms with Crippen LogP contribution in [-0.4, -0.2) is 49.1 Å². The molecule has 0 saturated carbocycles. The molecule has 2 rings (SSSR count). The second kappa shape index (κ2) is 7.16. The fourth-order valence-corrected chi connectivity index (χ4v) is 2.27. The van der Waals surface area contributed by atoms with E-state index in [0.29, 0.717) is 44.5 Å². The number of nitrogens with zero attached hydrogens (tertiary/aromatic N) is 1. The Morgan fingerprint density at radius 1 is 1.25 bits per heavy atom. The van der Waals surface area contributed by atoms with Crippen LogP contribution in [0.5, 0.6) is 0 Å². The van der Waals surface area contributed by atoms with E-state index in [2.05, 4.69) is 5.32 Å². The number of carbonyl (C=O) groups is 2. The summed E-state index contributed by atoms with van der Waals surface area (Å²) in [6.07, 6.45) is -4.70. The van der Waals surface area contributed by atoms with E-state index in [1.165, 1.54) is 11.8 Å². The summed E-state index contributed by atoms with van der Waals surface area (Å²) in [6, 6.07) is 0.557. The minimum absolute atomic E-state index is 0.358. The maximum atomic E-state index is 13.7. The number of halogens is 4. The van der Waals surface area contributed by atoms with Gasteiger partial charge in [0.25, 0.3) is 5.91 Å². The van der Waals surface area contributed by atoms with E-state index in [4.69, 9.17) is 4.74 Å². The summed E-state index contributed by atoms with van der Waals surface area (Å²) in [4.78, 5) is 25.7. The standard InChI is InChI=1S/C15H16F4N2O3/c1-9(14(23)21-4-6-24-7-5-21)20-13(22)11-8-10(15(17,18)19)2-3-12(11)16/h2-3,8-9H,4-7H2,1H3,(H,20,22). The van der Waals surface area contributed by atoms with Crippen molar-refractivity contribution in [3.8, 4) is 0 Å². The fraction of sp³-hybridized carbons (Fsp3) is 0.467. The van der Waals surface area contributed by atoms with Crippen molar-refractivity contribution in [2.24, 2.45) is 0 Å². The fourth-order valence-electron chi connectivity index (χ4n) is 2.27. The van der Waals surface area contributed by atoms with Crippen LogP contribution in [0.25, 0.3) is 0 Å². The average Bonchev–Trinajstić information content (AvgIpc) is 2.54. The van der Waals surface area contributed by atoms with Gasteiger partial charge in [-0.05, 0) is 25.1 Å². The van der Waals surface area contributed by atoms with Gasteiger partial charge in [0.1, 0.15) is 11.9 Å². The topological polar surface area (TPSA) is 58.6 Å². The van der Waals surface area contributed by atoms with Gasteiger partial charge in [0.2, 0.25) is 5.91 Å². The molecule has 1 aliphatic rings. The molecule has 9 heteroatoms. The molecule has 1 aromatic rings. The van der Waals surface area contributed by atoms with E-state index in [1.54, 1.807) is 0 Å². The first kappa shape index (κ1) is 18.2. The summed E-state index contributed by atoms with van der Waals surface area (Å²) in [7, 11) is 0. The molecule has 0 aliphatic carbocycles. The first-order valence-corrected chi connectivity index (χ1v) is 7.24. The number of ether oxygens (including phenoxy) is 1. The van der Waals surface area contributed by atoms with Gasteiger partial charge in [-0.15, -0.1) is 0 Å². The van der Waals surface area contributed by atoms with Crippen molar-refractivity contribution in [2.75, 3.05) is 26.3 Å². The van der Waals surface area contributed by atoms with Crippen molar-refractivity contribution in [1.82, 2.24) is 10.2 Å². The van der Waals surface area contributed by atoms with Crippen molar-refractivity contribution >= 4 is 11.8 Å². The largest absolute Gasteiger partial charge is 0.416 e. The van der Waals surface area contributed by atoms with Crippen molar-refractivity contribution < 1.29 is 31.9 Å². The summed E-state index contributed by atoms with van der Waals surface area (Å²) in [5.41, 5.74) is -1.90. The van der Waals surface area contributed by atoms with Crippen molar-refractivity contribution in [1.29, 1.82) is 0 Å². The van der Waals surface area contributed by atoms with Crippen molar-refractivity contribution in [3.63, 3.8) is 0 Å². The third-order valence-electron chi connectivity index (χ3n) is 3.58. The second-order valence-corrected chi connectivity index (χ2v) is 5.33. The van der Waals surface area contributed by atoms with Gasteiger partial charge in [0.05, 0.1) is 24.3 Å². The predicted octanol–water partition coefficient (Wildman–Crippen LogP) is 1.82. The number of alkyl halides is 3. The highest BCUT2D eigenvalue weighted by molar-refractivity contribution is 5.97.